The van der Waals surface area contributed by atoms with Crippen LogP contribution in [0.15, 0.2) is 0 Å². The van der Waals surface area contributed by atoms with Crippen LogP contribution in [-0.4, -0.2) is 43.5 Å². The normalized spacial score (nSPS) is 32.9. The highest BCUT2D eigenvalue weighted by molar-refractivity contribution is 5.73. The number of amides is 1. The lowest BCUT2D eigenvalue weighted by Crippen LogP contribution is -2.56. The molecule has 98 valence electrons. The molecule has 1 N–H and O–H groups in total. The van der Waals surface area contributed by atoms with Crippen LogP contribution in [0.5, 0.6) is 0 Å². The first-order valence-electron chi connectivity index (χ1n) is 5.56. The summed E-state index contributed by atoms with van der Waals surface area (Å²) in [5.41, 5.74) is 0. The van der Waals surface area contributed by atoms with Crippen LogP contribution in [-0.2, 0) is 23.8 Å². The summed E-state index contributed by atoms with van der Waals surface area (Å²) in [5, 5.41) is 2.76. The molecule has 0 radical (unpaired) electrons. The largest absolute Gasteiger partial charge is 0.458 e. The van der Waals surface area contributed by atoms with Crippen molar-refractivity contribution in [3.8, 4) is 0 Å². The Bertz CT molecular complexity index is 294. The first-order chi connectivity index (χ1) is 7.93. The summed E-state index contributed by atoms with van der Waals surface area (Å²) >= 11 is 0. The lowest BCUT2D eigenvalue weighted by atomic mass is 9.99. The van der Waals surface area contributed by atoms with Crippen molar-refractivity contribution >= 4 is 11.9 Å². The summed E-state index contributed by atoms with van der Waals surface area (Å²) in [6.45, 7) is 4.54. The number of hydrogen-bond donors (Lipinski definition) is 1. The zero-order valence-corrected chi connectivity index (χ0v) is 10.6. The zero-order valence-electron chi connectivity index (χ0n) is 10.6. The molecule has 0 aliphatic carbocycles. The third-order valence-electron chi connectivity index (χ3n) is 2.63. The maximum atomic E-state index is 11.1. The predicted molar refractivity (Wildman–Crippen MR) is 59.1 cm³/mol. The molecule has 1 aliphatic heterocycles. The van der Waals surface area contributed by atoms with Gasteiger partial charge in [0.05, 0.1) is 12.1 Å². The fraction of sp³-hybridized carbons (Fsp3) is 0.818. The first-order valence-corrected chi connectivity index (χ1v) is 5.56. The molecule has 6 heteroatoms. The fourth-order valence-electron chi connectivity index (χ4n) is 1.96. The Morgan fingerprint density at radius 3 is 2.47 bits per heavy atom. The molecule has 1 fully saturated rings. The number of hydrogen-bond acceptors (Lipinski definition) is 5. The van der Waals surface area contributed by atoms with Crippen LogP contribution < -0.4 is 5.32 Å². The standard InChI is InChI=1S/C11H19NO5/c1-6-11(17-8(3)14)9(12-7(2)13)5-10(15-4)16-6/h6,9-11H,5H2,1-4H3,(H,12,13)/t6-,9-,10+,11-/m0/s1. The van der Waals surface area contributed by atoms with Gasteiger partial charge in [-0.2, -0.15) is 0 Å². The molecule has 1 rings (SSSR count). The molecular formula is C11H19NO5. The Morgan fingerprint density at radius 1 is 1.35 bits per heavy atom. The van der Waals surface area contributed by atoms with Crippen molar-refractivity contribution in [1.82, 2.24) is 5.32 Å². The van der Waals surface area contributed by atoms with Gasteiger partial charge in [-0.1, -0.05) is 0 Å². The molecule has 4 atom stereocenters. The van der Waals surface area contributed by atoms with E-state index < -0.39 is 18.4 Å². The summed E-state index contributed by atoms with van der Waals surface area (Å²) in [6.07, 6.45) is -0.746. The van der Waals surface area contributed by atoms with E-state index in [1.54, 1.807) is 6.92 Å². The van der Waals surface area contributed by atoms with E-state index in [1.807, 2.05) is 0 Å². The number of esters is 1. The third kappa shape index (κ3) is 3.98. The molecular weight excluding hydrogens is 226 g/mol. The van der Waals surface area contributed by atoms with Crippen molar-refractivity contribution in [1.29, 1.82) is 0 Å². The van der Waals surface area contributed by atoms with Crippen molar-refractivity contribution < 1.29 is 23.8 Å². The lowest BCUT2D eigenvalue weighted by molar-refractivity contribution is -0.223. The van der Waals surface area contributed by atoms with Gasteiger partial charge in [-0.05, 0) is 6.92 Å². The van der Waals surface area contributed by atoms with Crippen LogP contribution >= 0.6 is 0 Å². The highest BCUT2D eigenvalue weighted by Crippen LogP contribution is 2.23. The van der Waals surface area contributed by atoms with E-state index in [0.717, 1.165) is 0 Å². The molecule has 0 saturated carbocycles. The van der Waals surface area contributed by atoms with E-state index in [2.05, 4.69) is 5.32 Å². The predicted octanol–water partition coefficient (Wildman–Crippen LogP) is 0.204. The summed E-state index contributed by atoms with van der Waals surface area (Å²) in [6, 6.07) is -0.287. The molecule has 1 heterocycles. The van der Waals surface area contributed by atoms with Crippen molar-refractivity contribution in [3.05, 3.63) is 0 Å². The monoisotopic (exact) mass is 245 g/mol. The Labute approximate surface area is 101 Å². The van der Waals surface area contributed by atoms with E-state index >= 15 is 0 Å². The fourth-order valence-corrected chi connectivity index (χ4v) is 1.96. The minimum atomic E-state index is -0.484. The highest BCUT2D eigenvalue weighted by atomic mass is 16.7. The van der Waals surface area contributed by atoms with Crippen LogP contribution in [0.2, 0.25) is 0 Å². The van der Waals surface area contributed by atoms with E-state index in [1.165, 1.54) is 21.0 Å². The molecule has 17 heavy (non-hydrogen) atoms. The number of carbonyl (C=O) groups is 2. The molecule has 0 aromatic rings. The van der Waals surface area contributed by atoms with E-state index in [-0.39, 0.29) is 18.1 Å². The molecule has 1 aliphatic rings. The van der Waals surface area contributed by atoms with Crippen molar-refractivity contribution in [2.24, 2.45) is 0 Å². The molecule has 0 aromatic heterocycles. The van der Waals surface area contributed by atoms with Crippen LogP contribution in [0, 0.1) is 0 Å². The Hall–Kier alpha value is -1.14. The van der Waals surface area contributed by atoms with Gasteiger partial charge >= 0.3 is 5.97 Å². The number of carbonyl (C=O) groups excluding carboxylic acids is 2. The van der Waals surface area contributed by atoms with Gasteiger partial charge in [0.2, 0.25) is 5.91 Å². The second kappa shape index (κ2) is 5.97. The van der Waals surface area contributed by atoms with Gasteiger partial charge in [0.1, 0.15) is 6.10 Å². The quantitative estimate of drug-likeness (QED) is 0.719. The van der Waals surface area contributed by atoms with E-state index in [4.69, 9.17) is 14.2 Å². The number of methoxy groups -OCH3 is 1. The second-order valence-corrected chi connectivity index (χ2v) is 4.12. The van der Waals surface area contributed by atoms with Crippen LogP contribution in [0.25, 0.3) is 0 Å². The summed E-state index contributed by atoms with van der Waals surface area (Å²) in [4.78, 5) is 22.1. The van der Waals surface area contributed by atoms with Crippen molar-refractivity contribution in [2.45, 2.75) is 51.7 Å². The zero-order chi connectivity index (χ0) is 13.0. The highest BCUT2D eigenvalue weighted by Gasteiger charge is 2.39. The second-order valence-electron chi connectivity index (χ2n) is 4.12. The van der Waals surface area contributed by atoms with Crippen molar-refractivity contribution in [2.75, 3.05) is 7.11 Å². The van der Waals surface area contributed by atoms with E-state index in [0.29, 0.717) is 6.42 Å². The molecule has 1 amide bonds. The molecule has 1 saturated heterocycles. The number of ether oxygens (including phenoxy) is 3. The lowest BCUT2D eigenvalue weighted by Gasteiger charge is -2.39. The molecule has 0 aromatic carbocycles. The SMILES string of the molecule is CO[C@H]1C[C@H](NC(C)=O)[C@@H](OC(C)=O)[C@H](C)O1. The molecule has 0 bridgehead atoms. The first kappa shape index (κ1) is 13.9. The van der Waals surface area contributed by atoms with Gasteiger partial charge in [-0.25, -0.2) is 0 Å². The smallest absolute Gasteiger partial charge is 0.303 e. The summed E-state index contributed by atoms with van der Waals surface area (Å²) < 4.78 is 15.8. The van der Waals surface area contributed by atoms with Gasteiger partial charge in [0, 0.05) is 27.4 Å². The average molecular weight is 245 g/mol. The summed E-state index contributed by atoms with van der Waals surface area (Å²) in [7, 11) is 1.54. The number of rotatable bonds is 3. The van der Waals surface area contributed by atoms with Crippen molar-refractivity contribution in [3.63, 3.8) is 0 Å². The maximum Gasteiger partial charge on any atom is 0.303 e. The molecule has 6 nitrogen and oxygen atoms in total. The minimum Gasteiger partial charge on any atom is -0.458 e. The topological polar surface area (TPSA) is 73.9 Å². The molecule has 0 unspecified atom stereocenters. The minimum absolute atomic E-state index is 0.170. The van der Waals surface area contributed by atoms with Gasteiger partial charge in [0.25, 0.3) is 0 Å². The molecule has 0 spiro atoms. The van der Waals surface area contributed by atoms with Gasteiger partial charge in [0.15, 0.2) is 6.29 Å². The van der Waals surface area contributed by atoms with Gasteiger partial charge in [-0.3, -0.25) is 9.59 Å². The summed E-state index contributed by atoms with van der Waals surface area (Å²) in [5.74, 6) is -0.562. The van der Waals surface area contributed by atoms with Crippen LogP contribution in [0.1, 0.15) is 27.2 Å². The average Bonchev–Trinajstić information content (AvgIpc) is 2.21. The Morgan fingerprint density at radius 2 is 2.00 bits per heavy atom. The third-order valence-corrected chi connectivity index (χ3v) is 2.63. The van der Waals surface area contributed by atoms with E-state index in [9.17, 15) is 9.59 Å². The van der Waals surface area contributed by atoms with Gasteiger partial charge in [-0.15, -0.1) is 0 Å². The Kier molecular flexibility index (Phi) is 4.89. The van der Waals surface area contributed by atoms with Crippen LogP contribution in [0.3, 0.4) is 0 Å². The maximum absolute atomic E-state index is 11.1. The van der Waals surface area contributed by atoms with Crippen LogP contribution in [0.4, 0.5) is 0 Å². The van der Waals surface area contributed by atoms with Gasteiger partial charge < -0.3 is 19.5 Å². The number of nitrogens with one attached hydrogen (secondary N) is 1. The Balaban J connectivity index is 2.74.